The lowest BCUT2D eigenvalue weighted by Gasteiger charge is -2.28. The maximum absolute atomic E-state index is 12.5. The maximum atomic E-state index is 12.5. The van der Waals surface area contributed by atoms with Gasteiger partial charge in [0.05, 0.1) is 35.6 Å². The van der Waals surface area contributed by atoms with Crippen molar-refractivity contribution in [2.45, 2.75) is 126 Å². The minimum atomic E-state index is -2.79. The molecule has 6 aliphatic rings. The lowest BCUT2D eigenvalue weighted by Crippen LogP contribution is -2.54. The van der Waals surface area contributed by atoms with Crippen LogP contribution in [0.4, 0.5) is 0 Å². The molecule has 128 heavy (non-hydrogen) atoms. The van der Waals surface area contributed by atoms with Gasteiger partial charge in [-0.3, -0.25) is 4.79 Å². The van der Waals surface area contributed by atoms with Crippen LogP contribution in [0.15, 0.2) is 170 Å². The van der Waals surface area contributed by atoms with Crippen LogP contribution in [0.3, 0.4) is 0 Å². The molecule has 11 aromatic carbocycles. The molecule has 0 amide bonds. The Balaban J connectivity index is 0.000000145. The van der Waals surface area contributed by atoms with E-state index in [1.54, 1.807) is 80.9 Å². The normalized spacial score (nSPS) is 16.9. The summed E-state index contributed by atoms with van der Waals surface area (Å²) in [5.74, 6) is -4.82. The molecular formula is C96H92BrI6N3O22. The minimum absolute atomic E-state index is 0. The topological polar surface area (TPSA) is 414 Å². The Morgan fingerprint density at radius 1 is 0.367 bits per heavy atom. The second-order valence-electron chi connectivity index (χ2n) is 31.5. The monoisotopic (exact) mass is 2480 g/mol. The predicted molar refractivity (Wildman–Crippen MR) is 536 cm³/mol. The Morgan fingerprint density at radius 3 is 1.06 bits per heavy atom. The number of nitrogens with one attached hydrogen (secondary N) is 3. The summed E-state index contributed by atoms with van der Waals surface area (Å²) in [5, 5.41) is 135. The van der Waals surface area contributed by atoms with E-state index < -0.39 is 23.7 Å². The first-order chi connectivity index (χ1) is 60.7. The molecule has 0 bridgehead atoms. The van der Waals surface area contributed by atoms with Gasteiger partial charge in [0, 0.05) is 29.3 Å². The van der Waals surface area contributed by atoms with Gasteiger partial charge in [0.1, 0.15) is 17.2 Å². The third-order valence-corrected chi connectivity index (χ3v) is 27.9. The minimum Gasteiger partial charge on any atom is -0.504 e. The van der Waals surface area contributed by atoms with Gasteiger partial charge in [-0.2, -0.15) is 0 Å². The van der Waals surface area contributed by atoms with E-state index in [9.17, 15) is 80.5 Å². The molecule has 5 unspecified atom stereocenters. The second kappa shape index (κ2) is 44.0. The van der Waals surface area contributed by atoms with Gasteiger partial charge in [0.2, 0.25) is 0 Å². The molecule has 672 valence electrons. The molecule has 0 radical (unpaired) electrons. The fraction of sp³-hybridized carbons (Fsp3) is 0.271. The molecule has 0 fully saturated rings. The van der Waals surface area contributed by atoms with Crippen LogP contribution < -0.4 is 39.6 Å². The number of hydrogen-bond donors (Lipinski definition) is 16. The molecule has 32 heteroatoms. The molecule has 0 saturated heterocycles. The molecule has 0 spiro atoms. The van der Waals surface area contributed by atoms with Crippen LogP contribution in [-0.2, 0) is 78.6 Å². The molecule has 16 N–H and O–H groups in total. The number of carbonyl (C=O) groups is 4. The van der Waals surface area contributed by atoms with Crippen LogP contribution in [0.2, 0.25) is 0 Å². The standard InChI is InChI=1S/C23H21NO3.C19H17NO8.C18H17I2NO5.2C18H18I2O3.BrH/c25-21-13-18-10-11-24-20(19(18)14-22(21)26)12-15-6-8-17(9-7-15)23(27)16-4-2-1-3-5-16;21-13-7-10-3-4-20-12(11(10)8-14(13)22)5-9-1-2-15-16(6-9)28-19(27-15,17(23)24)18(25)26;19-12-3-9(4-13(20)18(12)26-8-17(24)25)5-14-11-7-16(23)15(22)6-10(11)1-2-21-14;2*1-23-18-14(19)6-10(7-15(18)20)5-11-3-2-4-12-8-16(21)17(22)9-13(11)12;/h1-9,13-14,20,24-26H,10-12H2;1-2,6-8,12,20-22H,3-5H2,(H,23,24)(H,25,26);3-4,6-7,14,21-23H,1-2,5,8H2,(H,24,25);2*6-9,11,21-22H,2-5H2,1H3;1H. The van der Waals surface area contributed by atoms with Crippen molar-refractivity contribution >= 4 is 176 Å². The fourth-order valence-corrected chi connectivity index (χ4v) is 23.8. The van der Waals surface area contributed by atoms with E-state index in [1.165, 1.54) is 34.4 Å². The molecule has 17 rings (SSSR count). The zero-order valence-corrected chi connectivity index (χ0v) is 83.6. The summed E-state index contributed by atoms with van der Waals surface area (Å²) >= 11 is 13.5. The number of phenols is 10. The average Bonchev–Trinajstić information content (AvgIpc) is 1.62. The van der Waals surface area contributed by atoms with Gasteiger partial charge in [-0.15, -0.1) is 17.0 Å². The maximum Gasteiger partial charge on any atom is 0.453 e. The number of halogens is 7. The third-order valence-electron chi connectivity index (χ3n) is 23.1. The number of ketones is 1. The van der Waals surface area contributed by atoms with E-state index in [0.717, 1.165) is 178 Å². The predicted octanol–water partition coefficient (Wildman–Crippen LogP) is 18.7. The van der Waals surface area contributed by atoms with Gasteiger partial charge in [0.15, 0.2) is 81.4 Å². The van der Waals surface area contributed by atoms with Crippen LogP contribution in [0.5, 0.6) is 86.2 Å². The number of carbonyl (C=O) groups excluding carboxylic acids is 1. The number of hydrogen-bond acceptors (Lipinski definition) is 22. The van der Waals surface area contributed by atoms with Gasteiger partial charge in [-0.25, -0.2) is 14.4 Å². The highest BCUT2D eigenvalue weighted by Gasteiger charge is 2.58. The van der Waals surface area contributed by atoms with Crippen molar-refractivity contribution < 1.29 is 109 Å². The lowest BCUT2D eigenvalue weighted by atomic mass is 9.79. The molecule has 2 aliphatic carbocycles. The van der Waals surface area contributed by atoms with Gasteiger partial charge < -0.3 is 106 Å². The smallest absolute Gasteiger partial charge is 0.453 e. The van der Waals surface area contributed by atoms with E-state index in [4.69, 9.17) is 28.8 Å². The van der Waals surface area contributed by atoms with Crippen molar-refractivity contribution in [3.05, 3.63) is 286 Å². The number of methoxy groups -OCH3 is 2. The van der Waals surface area contributed by atoms with Crippen molar-refractivity contribution in [1.29, 1.82) is 0 Å². The molecule has 0 aromatic heterocycles. The largest absolute Gasteiger partial charge is 0.504 e. The van der Waals surface area contributed by atoms with E-state index in [0.29, 0.717) is 54.5 Å². The number of rotatable bonds is 19. The highest BCUT2D eigenvalue weighted by Crippen LogP contribution is 2.47. The average molecular weight is 2480 g/mol. The highest BCUT2D eigenvalue weighted by molar-refractivity contribution is 14.1. The van der Waals surface area contributed by atoms with Crippen LogP contribution >= 0.6 is 153 Å². The first-order valence-corrected chi connectivity index (χ1v) is 47.2. The summed E-state index contributed by atoms with van der Waals surface area (Å²) in [7, 11) is 3.40. The summed E-state index contributed by atoms with van der Waals surface area (Å²) < 4.78 is 32.6. The Morgan fingerprint density at radius 2 is 0.688 bits per heavy atom. The van der Waals surface area contributed by atoms with E-state index >= 15 is 0 Å². The first kappa shape index (κ1) is 98.3. The fourth-order valence-electron chi connectivity index (χ4n) is 16.9. The number of carboxylic acids is 3. The number of ether oxygens (including phenoxy) is 5. The van der Waals surface area contributed by atoms with Crippen molar-refractivity contribution in [3.63, 3.8) is 0 Å². The Hall–Kier alpha value is -8.76. The zero-order chi connectivity index (χ0) is 90.8. The molecule has 11 aromatic rings. The number of aliphatic carboxylic acids is 3. The number of aryl methyl sites for hydroxylation is 2. The van der Waals surface area contributed by atoms with Gasteiger partial charge in [0.25, 0.3) is 0 Å². The lowest BCUT2D eigenvalue weighted by molar-refractivity contribution is -0.194. The summed E-state index contributed by atoms with van der Waals surface area (Å²) in [5.41, 5.74) is 17.4. The second-order valence-corrected chi connectivity index (χ2v) is 38.5. The van der Waals surface area contributed by atoms with Crippen LogP contribution in [-0.4, -0.2) is 136 Å². The quantitative estimate of drug-likeness (QED) is 0.0155. The van der Waals surface area contributed by atoms with E-state index in [-0.39, 0.29) is 116 Å². The van der Waals surface area contributed by atoms with Crippen LogP contribution in [0.1, 0.15) is 155 Å². The van der Waals surface area contributed by atoms with E-state index in [1.807, 2.05) is 66.7 Å². The number of fused-ring (bicyclic) bond motifs is 6. The highest BCUT2D eigenvalue weighted by atomic mass is 127. The number of aromatic hydroxyl groups is 10. The molecule has 0 saturated carbocycles. The summed E-state index contributed by atoms with van der Waals surface area (Å²) in [6, 6.07) is 50.8. The van der Waals surface area contributed by atoms with Crippen molar-refractivity contribution in [3.8, 4) is 86.2 Å². The van der Waals surface area contributed by atoms with Crippen LogP contribution in [0, 0.1) is 21.4 Å². The number of carboxylic acid groups (broad SMARTS) is 3. The molecule has 5 atom stereocenters. The Kier molecular flexibility index (Phi) is 33.8. The third kappa shape index (κ3) is 23.6. The van der Waals surface area contributed by atoms with Gasteiger partial charge >= 0.3 is 23.7 Å². The van der Waals surface area contributed by atoms with Crippen molar-refractivity contribution in [1.82, 2.24) is 16.0 Å². The number of benzene rings is 11. The molecule has 4 heterocycles. The van der Waals surface area contributed by atoms with Crippen LogP contribution in [0.25, 0.3) is 0 Å². The summed E-state index contributed by atoms with van der Waals surface area (Å²) in [4.78, 5) is 45.9. The molecule has 25 nitrogen and oxygen atoms in total. The summed E-state index contributed by atoms with van der Waals surface area (Å²) in [6.07, 6.45) is 12.5. The zero-order valence-electron chi connectivity index (χ0n) is 68.9. The SMILES string of the molecule is Br.COc1c(I)cc(CC2CCCc3cc(O)c(O)cc32)cc1I.COc1c(I)cc(CC2CCCc3cc(O)c(O)cc32)cc1I.O=C(O)C1(C(=O)O)Oc2ccc(CC3NCCc4cc(O)c(O)cc43)cc2O1.O=C(O)COc1c(I)cc(CC2NCCc3cc(O)c(O)cc32)cc1I.O=C(c1ccccc1)c1ccc(CC2NCCc3cc(O)c(O)cc32)cc1. The van der Waals surface area contributed by atoms with Gasteiger partial charge in [-0.1, -0.05) is 60.7 Å². The number of phenolic OH excluding ortho intramolecular Hbond substituents is 10. The van der Waals surface area contributed by atoms with E-state index in [2.05, 4.69) is 176 Å². The Labute approximate surface area is 830 Å². The first-order valence-electron chi connectivity index (χ1n) is 40.7. The summed E-state index contributed by atoms with van der Waals surface area (Å²) in [6.45, 7) is 1.95. The van der Waals surface area contributed by atoms with Crippen molar-refractivity contribution in [2.75, 3.05) is 40.5 Å². The Bertz CT molecular complexity index is 5760. The van der Waals surface area contributed by atoms with Gasteiger partial charge in [-0.05, 0) is 450 Å². The van der Waals surface area contributed by atoms with Crippen molar-refractivity contribution in [2.24, 2.45) is 0 Å². The molecular weight excluding hydrogens is 2390 g/mol. The molecule has 4 aliphatic heterocycles.